The van der Waals surface area contributed by atoms with Gasteiger partial charge in [-0.05, 0) is 89.9 Å². The number of carbonyl (C=O) groups is 4. The van der Waals surface area contributed by atoms with Gasteiger partial charge in [0.1, 0.15) is 18.8 Å². The molecule has 0 aliphatic carbocycles. The first-order valence-electron chi connectivity index (χ1n) is 28.2. The maximum Gasteiger partial charge on any atom is 0.335 e. The summed E-state index contributed by atoms with van der Waals surface area (Å²) in [6.45, 7) is 5.66. The molecule has 0 bridgehead atoms. The topological polar surface area (TPSA) is 175 Å². The molecule has 0 spiro atoms. The number of rotatable bonds is 46. The molecule has 73 heavy (non-hydrogen) atoms. The first-order valence-corrected chi connectivity index (χ1v) is 28.2. The van der Waals surface area contributed by atoms with Gasteiger partial charge < -0.3 is 39.0 Å². The zero-order valence-corrected chi connectivity index (χ0v) is 45.3. The molecule has 1 aliphatic rings. The minimum atomic E-state index is -1.91. The summed E-state index contributed by atoms with van der Waals surface area (Å²) in [7, 11) is 0. The molecule has 12 nitrogen and oxygen atoms in total. The van der Waals surface area contributed by atoms with Crippen LogP contribution in [0.15, 0.2) is 97.2 Å². The number of allylic oxidation sites excluding steroid dienone is 16. The Morgan fingerprint density at radius 2 is 0.877 bits per heavy atom. The average molecular weight is 1020 g/mol. The van der Waals surface area contributed by atoms with Gasteiger partial charge in [0.05, 0.1) is 6.61 Å². The van der Waals surface area contributed by atoms with Crippen LogP contribution in [0.5, 0.6) is 0 Å². The lowest BCUT2D eigenvalue weighted by Crippen LogP contribution is -2.61. The maximum absolute atomic E-state index is 13.1. The lowest BCUT2D eigenvalue weighted by molar-refractivity contribution is -0.301. The van der Waals surface area contributed by atoms with E-state index < -0.39 is 67.3 Å². The monoisotopic (exact) mass is 1020 g/mol. The number of esters is 3. The van der Waals surface area contributed by atoms with Crippen molar-refractivity contribution in [1.82, 2.24) is 0 Å². The first-order chi connectivity index (χ1) is 35.6. The number of ether oxygens (including phenoxy) is 5. The van der Waals surface area contributed by atoms with Crippen LogP contribution in [0.2, 0.25) is 0 Å². The minimum Gasteiger partial charge on any atom is -0.479 e. The Balaban J connectivity index is 2.74. The van der Waals surface area contributed by atoms with Crippen LogP contribution in [0.1, 0.15) is 213 Å². The molecule has 0 aromatic rings. The second-order valence-corrected chi connectivity index (χ2v) is 18.8. The Morgan fingerprint density at radius 3 is 1.36 bits per heavy atom. The van der Waals surface area contributed by atoms with Gasteiger partial charge in [0.25, 0.3) is 0 Å². The van der Waals surface area contributed by atoms with E-state index in [-0.39, 0.29) is 25.9 Å². The molecule has 1 rings (SSSR count). The predicted octanol–water partition coefficient (Wildman–Crippen LogP) is 14.1. The molecule has 12 heteroatoms. The van der Waals surface area contributed by atoms with E-state index in [4.69, 9.17) is 23.7 Å². The molecule has 0 amide bonds. The average Bonchev–Trinajstić information content (AvgIpc) is 3.37. The molecule has 6 atom stereocenters. The summed E-state index contributed by atoms with van der Waals surface area (Å²) in [6, 6.07) is 0. The minimum absolute atomic E-state index is 0.0508. The quantitative estimate of drug-likeness (QED) is 0.0228. The molecule has 0 saturated carbocycles. The van der Waals surface area contributed by atoms with Crippen LogP contribution in [0.4, 0.5) is 0 Å². The van der Waals surface area contributed by atoms with Gasteiger partial charge in [-0.1, -0.05) is 201 Å². The van der Waals surface area contributed by atoms with E-state index in [9.17, 15) is 34.5 Å². The van der Waals surface area contributed by atoms with E-state index in [1.54, 1.807) is 0 Å². The third-order valence-electron chi connectivity index (χ3n) is 12.2. The summed E-state index contributed by atoms with van der Waals surface area (Å²) in [5, 5.41) is 31.4. The highest BCUT2D eigenvalue weighted by molar-refractivity contribution is 5.74. The smallest absolute Gasteiger partial charge is 0.335 e. The lowest BCUT2D eigenvalue weighted by Gasteiger charge is -2.40. The van der Waals surface area contributed by atoms with Gasteiger partial charge in [-0.2, -0.15) is 0 Å². The summed E-state index contributed by atoms with van der Waals surface area (Å²) in [4.78, 5) is 50.9. The summed E-state index contributed by atoms with van der Waals surface area (Å²) in [6.07, 6.45) is 51.2. The van der Waals surface area contributed by atoms with Gasteiger partial charge in [-0.25, -0.2) is 4.79 Å². The SMILES string of the molecule is CC/C=C\C/C=C\C/C=C\C/C=C\C/C=C\CCCC(=O)OCC(COC1OC(C(=O)O)C(O)C(O)C1OC(=O)CCCCCCCCCCC)OC(=O)CCCCCCCCC/C=C\C/C=C\C/C=C\CC. The largest absolute Gasteiger partial charge is 0.479 e. The highest BCUT2D eigenvalue weighted by Crippen LogP contribution is 2.26. The molecule has 0 aromatic carbocycles. The number of aliphatic hydroxyl groups excluding tert-OH is 2. The Morgan fingerprint density at radius 1 is 0.466 bits per heavy atom. The van der Waals surface area contributed by atoms with Crippen molar-refractivity contribution in [3.8, 4) is 0 Å². The van der Waals surface area contributed by atoms with Crippen molar-refractivity contribution in [3.05, 3.63) is 97.2 Å². The molecule has 1 saturated heterocycles. The van der Waals surface area contributed by atoms with Crippen molar-refractivity contribution in [2.75, 3.05) is 13.2 Å². The van der Waals surface area contributed by atoms with Crippen LogP contribution >= 0.6 is 0 Å². The van der Waals surface area contributed by atoms with Gasteiger partial charge in [0.2, 0.25) is 0 Å². The number of carboxylic acid groups (broad SMARTS) is 1. The van der Waals surface area contributed by atoms with Crippen molar-refractivity contribution in [1.29, 1.82) is 0 Å². The molecule has 1 heterocycles. The highest BCUT2D eigenvalue weighted by atomic mass is 16.7. The van der Waals surface area contributed by atoms with E-state index in [1.807, 2.05) is 6.08 Å². The van der Waals surface area contributed by atoms with E-state index in [1.165, 1.54) is 25.7 Å². The second-order valence-electron chi connectivity index (χ2n) is 18.8. The lowest BCUT2D eigenvalue weighted by atomic mass is 9.98. The Kier molecular flexibility index (Phi) is 44.4. The second kappa shape index (κ2) is 48.6. The van der Waals surface area contributed by atoms with Crippen LogP contribution in [0.3, 0.4) is 0 Å². The molecule has 3 N–H and O–H groups in total. The third-order valence-corrected chi connectivity index (χ3v) is 12.2. The van der Waals surface area contributed by atoms with Crippen molar-refractivity contribution < 1.29 is 58.2 Å². The number of aliphatic carboxylic acids is 1. The van der Waals surface area contributed by atoms with E-state index in [0.717, 1.165) is 122 Å². The molecule has 1 aliphatic heterocycles. The highest BCUT2D eigenvalue weighted by Gasteiger charge is 2.50. The fraction of sp³-hybridized carbons (Fsp3) is 0.672. The molecule has 1 fully saturated rings. The molecule has 0 aromatic heterocycles. The number of hydrogen-bond acceptors (Lipinski definition) is 11. The van der Waals surface area contributed by atoms with Gasteiger partial charge in [0, 0.05) is 19.3 Å². The van der Waals surface area contributed by atoms with Crippen molar-refractivity contribution in [2.24, 2.45) is 0 Å². The fourth-order valence-electron chi connectivity index (χ4n) is 7.89. The Labute approximate surface area is 441 Å². The standard InChI is InChI=1S/C61H98O12/c1-4-7-10-13-16-19-21-23-25-27-29-31-33-36-38-41-44-47-53(62)69-50-52(71-54(63)48-45-42-40-37-34-32-30-28-26-24-22-20-17-14-11-8-5-2)51-70-61-59(57(66)56(65)58(73-61)60(67)68)72-55(64)49-46-43-39-35-18-15-12-9-6-3/h7-8,10-11,16-17,19-20,23-26,29,31,36,38,52,56-59,61,65-66H,4-6,9,12-15,18,21-22,27-28,30,32-35,37,39-51H2,1-3H3,(H,67,68)/b10-7-,11-8-,19-16-,20-17-,25-23-,26-24-,31-29-,38-36-. The van der Waals surface area contributed by atoms with Gasteiger partial charge in [0.15, 0.2) is 24.6 Å². The zero-order valence-electron chi connectivity index (χ0n) is 45.3. The summed E-state index contributed by atoms with van der Waals surface area (Å²) in [5.41, 5.74) is 0. The fourth-order valence-corrected chi connectivity index (χ4v) is 7.89. The van der Waals surface area contributed by atoms with E-state index in [2.05, 4.69) is 112 Å². The number of carbonyl (C=O) groups excluding carboxylic acids is 3. The number of carboxylic acids is 1. The van der Waals surface area contributed by atoms with E-state index >= 15 is 0 Å². The normalized spacial score (nSPS) is 19.1. The van der Waals surface area contributed by atoms with Crippen LogP contribution < -0.4 is 0 Å². The molecule has 0 radical (unpaired) electrons. The first kappa shape index (κ1) is 66.7. The third kappa shape index (κ3) is 38.8. The van der Waals surface area contributed by atoms with Crippen molar-refractivity contribution in [3.63, 3.8) is 0 Å². The maximum atomic E-state index is 13.1. The number of aliphatic hydroxyl groups is 2. The van der Waals surface area contributed by atoms with Crippen LogP contribution in [-0.2, 0) is 42.9 Å². The van der Waals surface area contributed by atoms with Crippen LogP contribution in [0, 0.1) is 0 Å². The predicted molar refractivity (Wildman–Crippen MR) is 294 cm³/mol. The summed E-state index contributed by atoms with van der Waals surface area (Å²) < 4.78 is 28.3. The van der Waals surface area contributed by atoms with E-state index in [0.29, 0.717) is 25.7 Å². The molecular formula is C61H98O12. The number of unbranched alkanes of at least 4 members (excludes halogenated alkanes) is 16. The Hall–Kier alpha value is -4.36. The Bertz CT molecular complexity index is 1640. The van der Waals surface area contributed by atoms with Gasteiger partial charge in [-0.15, -0.1) is 0 Å². The molecular weight excluding hydrogens is 925 g/mol. The van der Waals surface area contributed by atoms with Crippen molar-refractivity contribution >= 4 is 23.9 Å². The van der Waals surface area contributed by atoms with Gasteiger partial charge >= 0.3 is 23.9 Å². The van der Waals surface area contributed by atoms with Gasteiger partial charge in [-0.3, -0.25) is 14.4 Å². The summed E-state index contributed by atoms with van der Waals surface area (Å²) >= 11 is 0. The summed E-state index contributed by atoms with van der Waals surface area (Å²) in [5.74, 6) is -3.22. The number of hydrogen-bond donors (Lipinski definition) is 3. The van der Waals surface area contributed by atoms with Crippen molar-refractivity contribution in [2.45, 2.75) is 250 Å². The van der Waals surface area contributed by atoms with Crippen LogP contribution in [0.25, 0.3) is 0 Å². The molecule has 414 valence electrons. The molecule has 6 unspecified atom stereocenters. The van der Waals surface area contributed by atoms with Crippen LogP contribution in [-0.4, -0.2) is 89.2 Å². The zero-order chi connectivity index (χ0) is 53.3.